The number of benzene rings is 2. The molecule has 2 aromatic carbocycles. The van der Waals surface area contributed by atoms with Crippen molar-refractivity contribution in [3.8, 4) is 0 Å². The zero-order chi connectivity index (χ0) is 15.6. The fourth-order valence-corrected chi connectivity index (χ4v) is 2.36. The lowest BCUT2D eigenvalue weighted by atomic mass is 10.1. The molecule has 0 aliphatic heterocycles. The molecule has 0 fully saturated rings. The van der Waals surface area contributed by atoms with Crippen molar-refractivity contribution in [2.75, 3.05) is 12.8 Å². The molecule has 0 aromatic heterocycles. The Labute approximate surface area is 134 Å². The third-order valence-corrected chi connectivity index (χ3v) is 4.06. The van der Waals surface area contributed by atoms with Crippen LogP contribution in [0.3, 0.4) is 0 Å². The molecule has 0 radical (unpaired) electrons. The van der Waals surface area contributed by atoms with Gasteiger partial charge >= 0.3 is 0 Å². The molecule has 1 amide bonds. The van der Waals surface area contributed by atoms with Crippen LogP contribution in [-0.4, -0.2) is 17.9 Å². The van der Waals surface area contributed by atoms with Crippen LogP contribution >= 0.6 is 23.2 Å². The summed E-state index contributed by atoms with van der Waals surface area (Å²) in [6.45, 7) is 1.95. The molecule has 0 aliphatic carbocycles. The molecular weight excluding hydrogens is 307 g/mol. The minimum absolute atomic E-state index is 0.104. The van der Waals surface area contributed by atoms with Crippen molar-refractivity contribution >= 4 is 34.8 Å². The van der Waals surface area contributed by atoms with Gasteiger partial charge in [-0.1, -0.05) is 35.3 Å². The molecule has 5 heteroatoms. The highest BCUT2D eigenvalue weighted by atomic mass is 35.5. The van der Waals surface area contributed by atoms with E-state index >= 15 is 0 Å². The monoisotopic (exact) mass is 322 g/mol. The fourth-order valence-electron chi connectivity index (χ4n) is 2.04. The molecule has 2 rings (SSSR count). The van der Waals surface area contributed by atoms with Crippen molar-refractivity contribution in [2.45, 2.75) is 13.0 Å². The summed E-state index contributed by atoms with van der Waals surface area (Å²) in [5.74, 6) is -0.172. The maximum Gasteiger partial charge on any atom is 0.255 e. The third-order valence-electron chi connectivity index (χ3n) is 3.47. The van der Waals surface area contributed by atoms with Gasteiger partial charge in [-0.05, 0) is 42.8 Å². The summed E-state index contributed by atoms with van der Waals surface area (Å²) in [5, 5.41) is 1.06. The van der Waals surface area contributed by atoms with Gasteiger partial charge in [-0.15, -0.1) is 0 Å². The van der Waals surface area contributed by atoms with Crippen molar-refractivity contribution in [1.82, 2.24) is 4.90 Å². The molecule has 1 atom stereocenters. The number of nitrogen functional groups attached to an aromatic ring is 1. The first-order valence-corrected chi connectivity index (χ1v) is 7.23. The first kappa shape index (κ1) is 15.7. The number of amides is 1. The second-order valence-corrected chi connectivity index (χ2v) is 5.73. The Morgan fingerprint density at radius 1 is 1.14 bits per heavy atom. The molecule has 0 heterocycles. The smallest absolute Gasteiger partial charge is 0.255 e. The highest BCUT2D eigenvalue weighted by Gasteiger charge is 2.21. The Kier molecular flexibility index (Phi) is 4.76. The van der Waals surface area contributed by atoms with E-state index < -0.39 is 0 Å². The first-order chi connectivity index (χ1) is 9.90. The molecular formula is C16H16Cl2N2O. The SMILES string of the molecule is CC(c1ccc(Cl)cc1)N(C)C(=O)c1cc(N)ccc1Cl. The van der Waals surface area contributed by atoms with Crippen molar-refractivity contribution < 1.29 is 4.79 Å². The second kappa shape index (κ2) is 6.37. The number of hydrogen-bond acceptors (Lipinski definition) is 2. The molecule has 110 valence electrons. The summed E-state index contributed by atoms with van der Waals surface area (Å²) >= 11 is 12.0. The van der Waals surface area contributed by atoms with Crippen LogP contribution in [0.4, 0.5) is 5.69 Å². The van der Waals surface area contributed by atoms with Crippen LogP contribution in [0.1, 0.15) is 28.9 Å². The van der Waals surface area contributed by atoms with Crippen molar-refractivity contribution in [1.29, 1.82) is 0 Å². The van der Waals surface area contributed by atoms with Crippen molar-refractivity contribution in [2.24, 2.45) is 0 Å². The normalized spacial score (nSPS) is 12.0. The third kappa shape index (κ3) is 3.49. The number of nitrogens with two attached hydrogens (primary N) is 1. The second-order valence-electron chi connectivity index (χ2n) is 4.88. The van der Waals surface area contributed by atoms with Crippen molar-refractivity contribution in [3.63, 3.8) is 0 Å². The van der Waals surface area contributed by atoms with Gasteiger partial charge in [0.05, 0.1) is 16.6 Å². The summed E-state index contributed by atoms with van der Waals surface area (Å²) < 4.78 is 0. The van der Waals surface area contributed by atoms with Gasteiger partial charge < -0.3 is 10.6 Å². The van der Waals surface area contributed by atoms with E-state index in [1.54, 1.807) is 42.3 Å². The predicted octanol–water partition coefficient (Wildman–Crippen LogP) is 4.41. The lowest BCUT2D eigenvalue weighted by molar-refractivity contribution is 0.0743. The Morgan fingerprint density at radius 3 is 2.38 bits per heavy atom. The maximum absolute atomic E-state index is 12.6. The van der Waals surface area contributed by atoms with E-state index in [4.69, 9.17) is 28.9 Å². The topological polar surface area (TPSA) is 46.3 Å². The highest BCUT2D eigenvalue weighted by Crippen LogP contribution is 2.26. The highest BCUT2D eigenvalue weighted by molar-refractivity contribution is 6.34. The Morgan fingerprint density at radius 2 is 1.76 bits per heavy atom. The number of rotatable bonds is 3. The molecule has 0 aliphatic rings. The largest absolute Gasteiger partial charge is 0.399 e. The summed E-state index contributed by atoms with van der Waals surface area (Å²) in [5.41, 5.74) is 7.63. The number of nitrogens with zero attached hydrogens (tertiary/aromatic N) is 1. The van der Waals surface area contributed by atoms with Crippen molar-refractivity contribution in [3.05, 3.63) is 63.6 Å². The van der Waals surface area contributed by atoms with Crippen LogP contribution < -0.4 is 5.73 Å². The van der Waals surface area contributed by atoms with E-state index in [1.165, 1.54) is 0 Å². The van der Waals surface area contributed by atoms with E-state index in [0.29, 0.717) is 21.3 Å². The molecule has 1 unspecified atom stereocenters. The van der Waals surface area contributed by atoms with Gasteiger partial charge in [-0.3, -0.25) is 4.79 Å². The fraction of sp³-hybridized carbons (Fsp3) is 0.188. The molecule has 21 heavy (non-hydrogen) atoms. The number of anilines is 1. The summed E-state index contributed by atoms with van der Waals surface area (Å²) in [6, 6.07) is 12.2. The number of hydrogen-bond donors (Lipinski definition) is 1. The molecule has 0 spiro atoms. The minimum atomic E-state index is -0.172. The standard InChI is InChI=1S/C16H16Cl2N2O/c1-10(11-3-5-12(17)6-4-11)20(2)16(21)14-9-13(19)7-8-15(14)18/h3-10H,19H2,1-2H3. The van der Waals surface area contributed by atoms with Crippen LogP contribution in [0.15, 0.2) is 42.5 Å². The average Bonchev–Trinajstić information content (AvgIpc) is 2.48. The molecule has 0 bridgehead atoms. The van der Waals surface area contributed by atoms with Gasteiger partial charge in [0.25, 0.3) is 5.91 Å². The Balaban J connectivity index is 2.26. The van der Waals surface area contributed by atoms with E-state index in [1.807, 2.05) is 19.1 Å². The first-order valence-electron chi connectivity index (χ1n) is 6.48. The lowest BCUT2D eigenvalue weighted by Gasteiger charge is -2.26. The Bertz CT molecular complexity index is 656. The number of carbonyl (C=O) groups is 1. The molecule has 0 saturated carbocycles. The summed E-state index contributed by atoms with van der Waals surface area (Å²) in [6.07, 6.45) is 0. The maximum atomic E-state index is 12.6. The molecule has 0 saturated heterocycles. The minimum Gasteiger partial charge on any atom is -0.399 e. The Hall–Kier alpha value is -1.71. The average molecular weight is 323 g/mol. The zero-order valence-electron chi connectivity index (χ0n) is 11.8. The van der Waals surface area contributed by atoms with Crippen LogP contribution in [-0.2, 0) is 0 Å². The van der Waals surface area contributed by atoms with Gasteiger partial charge in [-0.2, -0.15) is 0 Å². The van der Waals surface area contributed by atoms with E-state index in [-0.39, 0.29) is 11.9 Å². The quantitative estimate of drug-likeness (QED) is 0.851. The van der Waals surface area contributed by atoms with E-state index in [0.717, 1.165) is 5.56 Å². The van der Waals surface area contributed by atoms with E-state index in [9.17, 15) is 4.79 Å². The molecule has 3 nitrogen and oxygen atoms in total. The molecule has 2 N–H and O–H groups in total. The van der Waals surface area contributed by atoms with Crippen LogP contribution in [0.2, 0.25) is 10.0 Å². The van der Waals surface area contributed by atoms with Gasteiger partial charge in [0.2, 0.25) is 0 Å². The van der Waals surface area contributed by atoms with Gasteiger partial charge in [-0.25, -0.2) is 0 Å². The van der Waals surface area contributed by atoms with Crippen LogP contribution in [0, 0.1) is 0 Å². The van der Waals surface area contributed by atoms with Gasteiger partial charge in [0.1, 0.15) is 0 Å². The van der Waals surface area contributed by atoms with Gasteiger partial charge in [0, 0.05) is 17.8 Å². The zero-order valence-corrected chi connectivity index (χ0v) is 13.3. The summed E-state index contributed by atoms with van der Waals surface area (Å²) in [7, 11) is 1.74. The summed E-state index contributed by atoms with van der Waals surface area (Å²) in [4.78, 5) is 14.2. The van der Waals surface area contributed by atoms with Crippen LogP contribution in [0.25, 0.3) is 0 Å². The van der Waals surface area contributed by atoms with Crippen LogP contribution in [0.5, 0.6) is 0 Å². The van der Waals surface area contributed by atoms with E-state index in [2.05, 4.69) is 0 Å². The molecule has 2 aromatic rings. The van der Waals surface area contributed by atoms with Gasteiger partial charge in [0.15, 0.2) is 0 Å². The lowest BCUT2D eigenvalue weighted by Crippen LogP contribution is -2.30. The number of halogens is 2. The number of carbonyl (C=O) groups excluding carboxylic acids is 1. The predicted molar refractivity (Wildman–Crippen MR) is 87.8 cm³/mol.